The summed E-state index contributed by atoms with van der Waals surface area (Å²) in [5.41, 5.74) is 0.615. The van der Waals surface area contributed by atoms with E-state index in [4.69, 9.17) is 4.74 Å². The molecule has 1 aromatic carbocycles. The van der Waals surface area contributed by atoms with E-state index in [1.807, 2.05) is 23.1 Å². The summed E-state index contributed by atoms with van der Waals surface area (Å²) in [6.07, 6.45) is 1.61. The quantitative estimate of drug-likeness (QED) is 0.803. The average molecular weight is 367 g/mol. The summed E-state index contributed by atoms with van der Waals surface area (Å²) in [5, 5.41) is 0. The van der Waals surface area contributed by atoms with Crippen LogP contribution in [0.3, 0.4) is 0 Å². The van der Waals surface area contributed by atoms with Crippen LogP contribution in [-0.4, -0.2) is 60.5 Å². The van der Waals surface area contributed by atoms with Crippen LogP contribution in [0.1, 0.15) is 23.2 Å². The highest BCUT2D eigenvalue weighted by molar-refractivity contribution is 9.10. The Kier molecular flexibility index (Phi) is 4.78. The first kappa shape index (κ1) is 15.5. The highest BCUT2D eigenvalue weighted by Gasteiger charge is 2.37. The molecule has 5 nitrogen and oxygen atoms in total. The number of likely N-dealkylation sites (tertiary alicyclic amines) is 1. The van der Waals surface area contributed by atoms with Gasteiger partial charge in [0, 0.05) is 24.1 Å². The van der Waals surface area contributed by atoms with Crippen LogP contribution < -0.4 is 0 Å². The Morgan fingerprint density at radius 1 is 1.14 bits per heavy atom. The largest absolute Gasteiger partial charge is 0.378 e. The average Bonchev–Trinajstić information content (AvgIpc) is 3.04. The van der Waals surface area contributed by atoms with Crippen molar-refractivity contribution in [1.29, 1.82) is 0 Å². The van der Waals surface area contributed by atoms with Crippen molar-refractivity contribution in [2.45, 2.75) is 18.9 Å². The molecule has 0 aliphatic carbocycles. The minimum Gasteiger partial charge on any atom is -0.378 e. The van der Waals surface area contributed by atoms with Crippen LogP contribution >= 0.6 is 15.9 Å². The molecule has 6 heteroatoms. The first-order valence-corrected chi connectivity index (χ1v) is 8.40. The maximum absolute atomic E-state index is 12.8. The van der Waals surface area contributed by atoms with Gasteiger partial charge in [0.1, 0.15) is 6.04 Å². The van der Waals surface area contributed by atoms with Crippen LogP contribution in [-0.2, 0) is 9.53 Å². The van der Waals surface area contributed by atoms with Crippen molar-refractivity contribution < 1.29 is 14.3 Å². The van der Waals surface area contributed by atoms with Crippen molar-refractivity contribution in [2.75, 3.05) is 32.8 Å². The number of ether oxygens (including phenoxy) is 1. The Bertz CT molecular complexity index is 572. The molecule has 3 rings (SSSR count). The lowest BCUT2D eigenvalue weighted by molar-refractivity contribution is -0.139. The standard InChI is InChI=1S/C16H19BrN2O3/c17-13-5-2-1-4-12(13)15(20)19-7-3-6-14(19)16(21)18-8-10-22-11-9-18/h1-2,4-5,14H,3,6-11H2/t14-/m0/s1. The second kappa shape index (κ2) is 6.79. The van der Waals surface area contributed by atoms with E-state index in [1.165, 1.54) is 0 Å². The van der Waals surface area contributed by atoms with Gasteiger partial charge in [0.05, 0.1) is 18.8 Å². The number of hydrogen-bond donors (Lipinski definition) is 0. The number of carbonyl (C=O) groups is 2. The summed E-state index contributed by atoms with van der Waals surface area (Å²) in [6, 6.07) is 7.02. The number of morpholine rings is 1. The van der Waals surface area contributed by atoms with E-state index in [-0.39, 0.29) is 17.9 Å². The molecule has 2 aliphatic heterocycles. The van der Waals surface area contributed by atoms with Gasteiger partial charge in [-0.25, -0.2) is 0 Å². The number of amides is 2. The molecule has 2 saturated heterocycles. The SMILES string of the molecule is O=C([C@@H]1CCCN1C(=O)c1ccccc1Br)N1CCOCC1. The minimum atomic E-state index is -0.335. The Labute approximate surface area is 138 Å². The van der Waals surface area contributed by atoms with E-state index in [9.17, 15) is 9.59 Å². The van der Waals surface area contributed by atoms with Gasteiger partial charge in [-0.15, -0.1) is 0 Å². The Hall–Kier alpha value is -1.40. The fraction of sp³-hybridized carbons (Fsp3) is 0.500. The molecule has 22 heavy (non-hydrogen) atoms. The van der Waals surface area contributed by atoms with Gasteiger partial charge in [0.25, 0.3) is 5.91 Å². The maximum Gasteiger partial charge on any atom is 0.255 e. The van der Waals surface area contributed by atoms with Crippen LogP contribution in [0.2, 0.25) is 0 Å². The van der Waals surface area contributed by atoms with Crippen molar-refractivity contribution in [3.63, 3.8) is 0 Å². The molecule has 2 heterocycles. The van der Waals surface area contributed by atoms with E-state index in [2.05, 4.69) is 15.9 Å². The molecule has 1 aromatic rings. The smallest absolute Gasteiger partial charge is 0.255 e. The summed E-state index contributed by atoms with van der Waals surface area (Å²) < 4.78 is 6.06. The molecule has 2 fully saturated rings. The molecule has 0 spiro atoms. The van der Waals surface area contributed by atoms with Gasteiger partial charge in [-0.2, -0.15) is 0 Å². The minimum absolute atomic E-state index is 0.0567. The second-order valence-electron chi connectivity index (χ2n) is 5.57. The molecule has 0 bridgehead atoms. The number of carbonyl (C=O) groups excluding carboxylic acids is 2. The predicted octanol–water partition coefficient (Wildman–Crippen LogP) is 1.91. The highest BCUT2D eigenvalue weighted by Crippen LogP contribution is 2.25. The van der Waals surface area contributed by atoms with Crippen molar-refractivity contribution in [1.82, 2.24) is 9.80 Å². The van der Waals surface area contributed by atoms with Crippen LogP contribution in [0.15, 0.2) is 28.7 Å². The second-order valence-corrected chi connectivity index (χ2v) is 6.43. The normalized spacial score (nSPS) is 22.0. The van der Waals surface area contributed by atoms with Gasteiger partial charge in [-0.05, 0) is 40.9 Å². The zero-order valence-electron chi connectivity index (χ0n) is 12.3. The van der Waals surface area contributed by atoms with E-state index < -0.39 is 0 Å². The zero-order chi connectivity index (χ0) is 15.5. The van der Waals surface area contributed by atoms with Gasteiger partial charge in [0.2, 0.25) is 5.91 Å². The van der Waals surface area contributed by atoms with Gasteiger partial charge >= 0.3 is 0 Å². The summed E-state index contributed by atoms with van der Waals surface area (Å²) in [4.78, 5) is 29.0. The number of halogens is 1. The maximum atomic E-state index is 12.8. The molecule has 118 valence electrons. The molecular weight excluding hydrogens is 348 g/mol. The fourth-order valence-electron chi connectivity index (χ4n) is 3.05. The molecule has 0 unspecified atom stereocenters. The third-order valence-electron chi connectivity index (χ3n) is 4.23. The van der Waals surface area contributed by atoms with Gasteiger partial charge < -0.3 is 14.5 Å². The highest BCUT2D eigenvalue weighted by atomic mass is 79.9. The summed E-state index contributed by atoms with van der Waals surface area (Å²) in [6.45, 7) is 3.03. The lowest BCUT2D eigenvalue weighted by Crippen LogP contribution is -2.51. The summed E-state index contributed by atoms with van der Waals surface area (Å²) >= 11 is 3.42. The third-order valence-corrected chi connectivity index (χ3v) is 4.92. The summed E-state index contributed by atoms with van der Waals surface area (Å²) in [7, 11) is 0. The molecule has 0 aromatic heterocycles. The first-order chi connectivity index (χ1) is 10.7. The van der Waals surface area contributed by atoms with Crippen LogP contribution in [0.4, 0.5) is 0 Å². The van der Waals surface area contributed by atoms with Crippen LogP contribution in [0.25, 0.3) is 0 Å². The van der Waals surface area contributed by atoms with Gasteiger partial charge in [-0.1, -0.05) is 12.1 Å². The van der Waals surface area contributed by atoms with Crippen LogP contribution in [0.5, 0.6) is 0 Å². The number of benzene rings is 1. The van der Waals surface area contributed by atoms with Crippen molar-refractivity contribution in [3.8, 4) is 0 Å². The Balaban J connectivity index is 1.76. The lowest BCUT2D eigenvalue weighted by Gasteiger charge is -2.32. The van der Waals surface area contributed by atoms with E-state index in [1.54, 1.807) is 11.0 Å². The molecule has 0 saturated carbocycles. The third kappa shape index (κ3) is 3.03. The fourth-order valence-corrected chi connectivity index (χ4v) is 3.50. The predicted molar refractivity (Wildman–Crippen MR) is 85.6 cm³/mol. The van der Waals surface area contributed by atoms with Gasteiger partial charge in [-0.3, -0.25) is 9.59 Å². The molecular formula is C16H19BrN2O3. The molecule has 1 atom stereocenters. The van der Waals surface area contributed by atoms with E-state index in [0.717, 1.165) is 17.3 Å². The van der Waals surface area contributed by atoms with E-state index in [0.29, 0.717) is 38.4 Å². The Morgan fingerprint density at radius 3 is 2.59 bits per heavy atom. The monoisotopic (exact) mass is 366 g/mol. The molecule has 2 aliphatic rings. The van der Waals surface area contributed by atoms with Gasteiger partial charge in [0.15, 0.2) is 0 Å². The number of nitrogens with zero attached hydrogens (tertiary/aromatic N) is 2. The number of hydrogen-bond acceptors (Lipinski definition) is 3. The first-order valence-electron chi connectivity index (χ1n) is 7.60. The van der Waals surface area contributed by atoms with E-state index >= 15 is 0 Å². The molecule has 0 N–H and O–H groups in total. The van der Waals surface area contributed by atoms with Crippen molar-refractivity contribution >= 4 is 27.7 Å². The summed E-state index contributed by atoms with van der Waals surface area (Å²) in [5.74, 6) is -0.0159. The Morgan fingerprint density at radius 2 is 1.86 bits per heavy atom. The lowest BCUT2D eigenvalue weighted by atomic mass is 10.1. The zero-order valence-corrected chi connectivity index (χ0v) is 13.9. The van der Waals surface area contributed by atoms with Crippen molar-refractivity contribution in [2.24, 2.45) is 0 Å². The topological polar surface area (TPSA) is 49.9 Å². The number of rotatable bonds is 2. The van der Waals surface area contributed by atoms with Crippen molar-refractivity contribution in [3.05, 3.63) is 34.3 Å². The molecule has 0 radical (unpaired) electrons. The molecule has 2 amide bonds. The van der Waals surface area contributed by atoms with Crippen LogP contribution in [0, 0.1) is 0 Å².